The molecule has 0 atom stereocenters. The highest BCUT2D eigenvalue weighted by Crippen LogP contribution is 2.36. The molecule has 0 unspecified atom stereocenters. The third kappa shape index (κ3) is 6.90. The van der Waals surface area contributed by atoms with Gasteiger partial charge in [-0.15, -0.1) is 0 Å². The molecule has 0 saturated heterocycles. The molecule has 0 spiro atoms. The van der Waals surface area contributed by atoms with E-state index < -0.39 is 41.7 Å². The van der Waals surface area contributed by atoms with E-state index in [1.54, 1.807) is 48.5 Å². The summed E-state index contributed by atoms with van der Waals surface area (Å²) < 4.78 is 42.2. The molecule has 4 aromatic carbocycles. The number of para-hydroxylation sites is 1. The Kier molecular flexibility index (Phi) is 9.51. The standard InChI is InChI=1S/C35H35F3N2O2/c1-23(2)27-19-13-20-28(24(3)4)32(27)39-31(41)22-40(34(42)29-18-11-12-21-30(29)35(36,37)38)33(25-14-7-5-8-15-25)26-16-9-6-10-17-26/h5-21,23-24,33H,22H2,1-4H3,(H,39,41). The maximum absolute atomic E-state index is 14.2. The third-order valence-corrected chi connectivity index (χ3v) is 7.22. The van der Waals surface area contributed by atoms with Crippen LogP contribution >= 0.6 is 0 Å². The molecule has 0 aromatic heterocycles. The van der Waals surface area contributed by atoms with Gasteiger partial charge in [0.2, 0.25) is 5.91 Å². The van der Waals surface area contributed by atoms with Crippen LogP contribution in [0.3, 0.4) is 0 Å². The molecule has 0 heterocycles. The quantitative estimate of drug-likeness (QED) is 0.218. The van der Waals surface area contributed by atoms with E-state index >= 15 is 0 Å². The predicted molar refractivity (Wildman–Crippen MR) is 160 cm³/mol. The molecule has 0 bridgehead atoms. The lowest BCUT2D eigenvalue weighted by atomic mass is 9.92. The van der Waals surface area contributed by atoms with Crippen LogP contribution in [0.5, 0.6) is 0 Å². The number of nitrogens with zero attached hydrogens (tertiary/aromatic N) is 1. The zero-order valence-corrected chi connectivity index (χ0v) is 24.2. The summed E-state index contributed by atoms with van der Waals surface area (Å²) in [6.07, 6.45) is -4.75. The van der Waals surface area contributed by atoms with Crippen LogP contribution in [0.25, 0.3) is 0 Å². The van der Waals surface area contributed by atoms with Crippen LogP contribution in [-0.4, -0.2) is 23.3 Å². The van der Waals surface area contributed by atoms with E-state index in [-0.39, 0.29) is 11.8 Å². The number of anilines is 1. The van der Waals surface area contributed by atoms with Crippen LogP contribution in [-0.2, 0) is 11.0 Å². The Balaban J connectivity index is 1.84. The highest BCUT2D eigenvalue weighted by Gasteiger charge is 2.38. The molecule has 218 valence electrons. The zero-order valence-electron chi connectivity index (χ0n) is 24.2. The number of carbonyl (C=O) groups is 2. The molecular weight excluding hydrogens is 537 g/mol. The Labute approximate surface area is 245 Å². The van der Waals surface area contributed by atoms with Gasteiger partial charge in [0, 0.05) is 5.69 Å². The lowest BCUT2D eigenvalue weighted by molar-refractivity contribution is -0.138. The van der Waals surface area contributed by atoms with Crippen molar-refractivity contribution in [3.05, 3.63) is 137 Å². The number of carbonyl (C=O) groups excluding carboxylic acids is 2. The second-order valence-corrected chi connectivity index (χ2v) is 10.9. The van der Waals surface area contributed by atoms with Crippen molar-refractivity contribution < 1.29 is 22.8 Å². The van der Waals surface area contributed by atoms with Crippen molar-refractivity contribution in [3.8, 4) is 0 Å². The molecular formula is C35H35F3N2O2. The number of halogens is 3. The Morgan fingerprint density at radius 2 is 1.17 bits per heavy atom. The van der Waals surface area contributed by atoms with Gasteiger partial charge in [0.15, 0.2) is 0 Å². The normalized spacial score (nSPS) is 11.7. The molecule has 42 heavy (non-hydrogen) atoms. The van der Waals surface area contributed by atoms with Crippen LogP contribution in [0, 0.1) is 0 Å². The summed E-state index contributed by atoms with van der Waals surface area (Å²) in [5.74, 6) is -1.18. The van der Waals surface area contributed by atoms with Crippen molar-refractivity contribution in [1.29, 1.82) is 0 Å². The fraction of sp³-hybridized carbons (Fsp3) is 0.257. The second-order valence-electron chi connectivity index (χ2n) is 10.9. The Hall–Kier alpha value is -4.39. The first-order chi connectivity index (χ1) is 20.0. The van der Waals surface area contributed by atoms with Crippen molar-refractivity contribution in [1.82, 2.24) is 4.90 Å². The number of benzene rings is 4. The molecule has 1 N–H and O–H groups in total. The lowest BCUT2D eigenvalue weighted by Gasteiger charge is -2.33. The van der Waals surface area contributed by atoms with E-state index in [1.807, 2.05) is 58.0 Å². The van der Waals surface area contributed by atoms with Crippen LogP contribution in [0.4, 0.5) is 18.9 Å². The zero-order chi connectivity index (χ0) is 30.4. The molecule has 0 aliphatic heterocycles. The number of alkyl halides is 3. The molecule has 4 nitrogen and oxygen atoms in total. The Morgan fingerprint density at radius 3 is 1.64 bits per heavy atom. The first-order valence-electron chi connectivity index (χ1n) is 14.0. The summed E-state index contributed by atoms with van der Waals surface area (Å²) in [5, 5.41) is 3.03. The van der Waals surface area contributed by atoms with Crippen molar-refractivity contribution in [2.24, 2.45) is 0 Å². The van der Waals surface area contributed by atoms with Gasteiger partial charge in [-0.1, -0.05) is 119 Å². The third-order valence-electron chi connectivity index (χ3n) is 7.22. The van der Waals surface area contributed by atoms with Crippen molar-refractivity contribution in [2.75, 3.05) is 11.9 Å². The van der Waals surface area contributed by atoms with Gasteiger partial charge in [0.25, 0.3) is 5.91 Å². The van der Waals surface area contributed by atoms with Gasteiger partial charge < -0.3 is 10.2 Å². The molecule has 0 fully saturated rings. The van der Waals surface area contributed by atoms with Crippen molar-refractivity contribution >= 4 is 17.5 Å². The summed E-state index contributed by atoms with van der Waals surface area (Å²) >= 11 is 0. The number of hydrogen-bond donors (Lipinski definition) is 1. The monoisotopic (exact) mass is 572 g/mol. The van der Waals surface area contributed by atoms with Gasteiger partial charge >= 0.3 is 6.18 Å². The van der Waals surface area contributed by atoms with Crippen LogP contribution in [0.2, 0.25) is 0 Å². The first kappa shape index (κ1) is 30.6. The Morgan fingerprint density at radius 1 is 0.690 bits per heavy atom. The van der Waals surface area contributed by atoms with Gasteiger partial charge in [-0.3, -0.25) is 9.59 Å². The van der Waals surface area contributed by atoms with Gasteiger partial charge in [-0.2, -0.15) is 13.2 Å². The Bertz CT molecular complexity index is 1450. The molecule has 0 aliphatic carbocycles. The molecule has 4 rings (SSSR count). The molecule has 2 amide bonds. The SMILES string of the molecule is CC(C)c1cccc(C(C)C)c1NC(=O)CN(C(=O)c1ccccc1C(F)(F)F)C(c1ccccc1)c1ccccc1. The first-order valence-corrected chi connectivity index (χ1v) is 14.0. The summed E-state index contributed by atoms with van der Waals surface area (Å²) in [7, 11) is 0. The molecule has 0 saturated carbocycles. The highest BCUT2D eigenvalue weighted by molar-refractivity contribution is 6.01. The minimum atomic E-state index is -4.75. The van der Waals surface area contributed by atoms with Crippen LogP contribution in [0.1, 0.15) is 83.7 Å². The van der Waals surface area contributed by atoms with Gasteiger partial charge in [0.1, 0.15) is 6.54 Å². The van der Waals surface area contributed by atoms with E-state index in [2.05, 4.69) is 5.32 Å². The fourth-order valence-electron chi connectivity index (χ4n) is 5.20. The summed E-state index contributed by atoms with van der Waals surface area (Å²) in [6, 6.07) is 27.8. The summed E-state index contributed by atoms with van der Waals surface area (Å²) in [4.78, 5) is 29.2. The summed E-state index contributed by atoms with van der Waals surface area (Å²) in [6.45, 7) is 7.64. The smallest absolute Gasteiger partial charge is 0.324 e. The maximum atomic E-state index is 14.2. The lowest BCUT2D eigenvalue weighted by Crippen LogP contribution is -2.42. The van der Waals surface area contributed by atoms with Gasteiger partial charge in [-0.05, 0) is 46.2 Å². The number of hydrogen-bond acceptors (Lipinski definition) is 2. The van der Waals surface area contributed by atoms with Crippen molar-refractivity contribution in [2.45, 2.75) is 51.7 Å². The molecule has 7 heteroatoms. The average Bonchev–Trinajstić information content (AvgIpc) is 2.97. The number of rotatable bonds is 9. The second kappa shape index (κ2) is 13.1. The molecule has 4 aromatic rings. The minimum absolute atomic E-state index is 0.108. The summed E-state index contributed by atoms with van der Waals surface area (Å²) in [5.41, 5.74) is 2.33. The van der Waals surface area contributed by atoms with Gasteiger partial charge in [-0.25, -0.2) is 0 Å². The van der Waals surface area contributed by atoms with Crippen LogP contribution in [0.15, 0.2) is 103 Å². The number of amides is 2. The largest absolute Gasteiger partial charge is 0.417 e. The van der Waals surface area contributed by atoms with E-state index in [4.69, 9.17) is 0 Å². The van der Waals surface area contributed by atoms with Crippen molar-refractivity contribution in [3.63, 3.8) is 0 Å². The average molecular weight is 573 g/mol. The van der Waals surface area contributed by atoms with E-state index in [0.717, 1.165) is 23.3 Å². The van der Waals surface area contributed by atoms with E-state index in [1.165, 1.54) is 17.0 Å². The van der Waals surface area contributed by atoms with Crippen LogP contribution < -0.4 is 5.32 Å². The minimum Gasteiger partial charge on any atom is -0.324 e. The van der Waals surface area contributed by atoms with E-state index in [9.17, 15) is 22.8 Å². The maximum Gasteiger partial charge on any atom is 0.417 e. The predicted octanol–water partition coefficient (Wildman–Crippen LogP) is 8.82. The molecule has 0 aliphatic rings. The highest BCUT2D eigenvalue weighted by atomic mass is 19.4. The number of nitrogens with one attached hydrogen (secondary N) is 1. The van der Waals surface area contributed by atoms with Gasteiger partial charge in [0.05, 0.1) is 17.2 Å². The van der Waals surface area contributed by atoms with E-state index in [0.29, 0.717) is 16.8 Å². The topological polar surface area (TPSA) is 49.4 Å². The fourth-order valence-corrected chi connectivity index (χ4v) is 5.20. The molecule has 0 radical (unpaired) electrons.